The summed E-state index contributed by atoms with van der Waals surface area (Å²) < 4.78 is 0. The molecule has 4 saturated carbocycles. The molecule has 20 heavy (non-hydrogen) atoms. The van der Waals surface area contributed by atoms with E-state index in [9.17, 15) is 0 Å². The van der Waals surface area contributed by atoms with Gasteiger partial charge in [0, 0.05) is 12.6 Å². The van der Waals surface area contributed by atoms with E-state index in [1.54, 1.807) is 6.42 Å². The summed E-state index contributed by atoms with van der Waals surface area (Å²) in [5, 5.41) is 3.83. The predicted octanol–water partition coefficient (Wildman–Crippen LogP) is 4.24. The summed E-state index contributed by atoms with van der Waals surface area (Å²) in [4.78, 5) is 0. The number of nitrogens with one attached hydrogen (secondary N) is 1. The van der Waals surface area contributed by atoms with Crippen molar-refractivity contribution < 1.29 is 0 Å². The second-order valence-electron chi connectivity index (χ2n) is 7.66. The van der Waals surface area contributed by atoms with Crippen molar-refractivity contribution in [3.8, 4) is 0 Å². The fraction of sp³-hybridized carbons (Fsp3) is 0.684. The van der Waals surface area contributed by atoms with E-state index in [0.29, 0.717) is 6.04 Å². The molecule has 4 aliphatic carbocycles. The quantitative estimate of drug-likeness (QED) is 0.862. The zero-order valence-corrected chi connectivity index (χ0v) is 12.6. The molecular weight excluding hydrogens is 242 g/mol. The Morgan fingerprint density at radius 1 is 0.950 bits per heavy atom. The molecule has 108 valence electrons. The Labute approximate surface area is 123 Å². The van der Waals surface area contributed by atoms with E-state index < -0.39 is 0 Å². The minimum atomic E-state index is 0.685. The molecule has 0 amide bonds. The molecule has 4 fully saturated rings. The molecule has 0 spiro atoms. The van der Waals surface area contributed by atoms with Crippen LogP contribution in [0.15, 0.2) is 30.3 Å². The van der Waals surface area contributed by atoms with Crippen LogP contribution in [-0.4, -0.2) is 6.04 Å². The van der Waals surface area contributed by atoms with Crippen molar-refractivity contribution in [2.75, 3.05) is 0 Å². The van der Waals surface area contributed by atoms with Gasteiger partial charge in [0.25, 0.3) is 0 Å². The molecule has 0 aromatic heterocycles. The Balaban J connectivity index is 1.40. The normalized spacial score (nSPS) is 40.0. The van der Waals surface area contributed by atoms with Crippen molar-refractivity contribution in [2.45, 2.75) is 51.6 Å². The van der Waals surface area contributed by atoms with Crippen LogP contribution < -0.4 is 5.32 Å². The Kier molecular flexibility index (Phi) is 3.34. The SMILES string of the molecule is C[C@@H](NCc1ccccc1)C1C2CC3CC(C2)CC1C3. The molecule has 5 rings (SSSR count). The van der Waals surface area contributed by atoms with Crippen molar-refractivity contribution >= 4 is 0 Å². The summed E-state index contributed by atoms with van der Waals surface area (Å²) in [6.45, 7) is 3.47. The van der Waals surface area contributed by atoms with E-state index in [0.717, 1.165) is 36.1 Å². The summed E-state index contributed by atoms with van der Waals surface area (Å²) in [7, 11) is 0. The first-order valence-corrected chi connectivity index (χ1v) is 8.57. The van der Waals surface area contributed by atoms with Gasteiger partial charge in [0.1, 0.15) is 0 Å². The zero-order chi connectivity index (χ0) is 13.5. The topological polar surface area (TPSA) is 12.0 Å². The first-order chi connectivity index (χ1) is 9.79. The number of hydrogen-bond donors (Lipinski definition) is 1. The molecule has 4 aliphatic rings. The molecular formula is C19H27N. The van der Waals surface area contributed by atoms with Gasteiger partial charge < -0.3 is 5.32 Å². The minimum absolute atomic E-state index is 0.685. The standard InChI is InChI=1S/C19H27N/c1-13(20-12-14-5-3-2-4-6-14)19-17-8-15-7-16(10-17)11-18(19)9-15/h2-6,13,15-20H,7-12H2,1H3/t13-,15?,16?,17?,18?,19?/m1/s1. The Hall–Kier alpha value is -0.820. The third-order valence-electron chi connectivity index (χ3n) is 6.35. The van der Waals surface area contributed by atoms with Crippen LogP contribution in [0.2, 0.25) is 0 Å². The molecule has 0 unspecified atom stereocenters. The maximum Gasteiger partial charge on any atom is 0.0208 e. The molecule has 4 bridgehead atoms. The maximum atomic E-state index is 3.83. The first kappa shape index (κ1) is 12.9. The lowest BCUT2D eigenvalue weighted by molar-refractivity contribution is -0.0494. The lowest BCUT2D eigenvalue weighted by Crippen LogP contribution is -2.51. The average Bonchev–Trinajstić information content (AvgIpc) is 2.45. The van der Waals surface area contributed by atoms with Crippen molar-refractivity contribution in [1.82, 2.24) is 5.32 Å². The average molecular weight is 269 g/mol. The van der Waals surface area contributed by atoms with Crippen LogP contribution in [-0.2, 0) is 6.54 Å². The van der Waals surface area contributed by atoms with E-state index in [1.165, 1.54) is 31.2 Å². The summed E-state index contributed by atoms with van der Waals surface area (Å²) in [5.41, 5.74) is 1.42. The second-order valence-corrected chi connectivity index (χ2v) is 7.66. The van der Waals surface area contributed by atoms with Crippen molar-refractivity contribution in [2.24, 2.45) is 29.6 Å². The third kappa shape index (κ3) is 2.30. The van der Waals surface area contributed by atoms with Crippen LogP contribution in [0.4, 0.5) is 0 Å². The van der Waals surface area contributed by atoms with Gasteiger partial charge in [0.05, 0.1) is 0 Å². The fourth-order valence-corrected chi connectivity index (χ4v) is 5.79. The predicted molar refractivity (Wildman–Crippen MR) is 83.3 cm³/mol. The van der Waals surface area contributed by atoms with Gasteiger partial charge in [-0.15, -0.1) is 0 Å². The summed E-state index contributed by atoms with van der Waals surface area (Å²) in [6, 6.07) is 11.5. The van der Waals surface area contributed by atoms with Crippen LogP contribution in [0, 0.1) is 29.6 Å². The van der Waals surface area contributed by atoms with Crippen LogP contribution in [0.1, 0.15) is 44.6 Å². The molecule has 1 atom stereocenters. The van der Waals surface area contributed by atoms with E-state index in [2.05, 4.69) is 42.6 Å². The molecule has 0 aliphatic heterocycles. The second kappa shape index (κ2) is 5.18. The molecule has 1 N–H and O–H groups in total. The zero-order valence-electron chi connectivity index (χ0n) is 12.6. The van der Waals surface area contributed by atoms with E-state index in [1.807, 2.05) is 0 Å². The molecule has 1 nitrogen and oxygen atoms in total. The highest BCUT2D eigenvalue weighted by Crippen LogP contribution is 2.57. The minimum Gasteiger partial charge on any atom is -0.310 e. The van der Waals surface area contributed by atoms with Gasteiger partial charge in [-0.3, -0.25) is 0 Å². The Morgan fingerprint density at radius 2 is 1.55 bits per heavy atom. The molecule has 0 radical (unpaired) electrons. The molecule has 1 aromatic carbocycles. The summed E-state index contributed by atoms with van der Waals surface area (Å²) in [5.74, 6) is 5.20. The van der Waals surface area contributed by atoms with Crippen molar-refractivity contribution in [3.05, 3.63) is 35.9 Å². The van der Waals surface area contributed by atoms with Gasteiger partial charge in [-0.1, -0.05) is 30.3 Å². The van der Waals surface area contributed by atoms with Crippen molar-refractivity contribution in [1.29, 1.82) is 0 Å². The number of benzene rings is 1. The molecule has 0 saturated heterocycles. The lowest BCUT2D eigenvalue weighted by Gasteiger charge is -2.56. The van der Waals surface area contributed by atoms with Gasteiger partial charge >= 0.3 is 0 Å². The van der Waals surface area contributed by atoms with Gasteiger partial charge in [0.15, 0.2) is 0 Å². The Bertz CT molecular complexity index is 424. The Morgan fingerprint density at radius 3 is 2.15 bits per heavy atom. The first-order valence-electron chi connectivity index (χ1n) is 8.57. The fourth-order valence-electron chi connectivity index (χ4n) is 5.79. The maximum absolute atomic E-state index is 3.83. The number of hydrogen-bond acceptors (Lipinski definition) is 1. The van der Waals surface area contributed by atoms with Gasteiger partial charge in [-0.05, 0) is 74.2 Å². The number of rotatable bonds is 4. The molecule has 1 aromatic rings. The largest absolute Gasteiger partial charge is 0.310 e. The van der Waals surface area contributed by atoms with E-state index in [4.69, 9.17) is 0 Å². The van der Waals surface area contributed by atoms with Crippen LogP contribution >= 0.6 is 0 Å². The summed E-state index contributed by atoms with van der Waals surface area (Å²) in [6.07, 6.45) is 7.71. The van der Waals surface area contributed by atoms with Gasteiger partial charge in [0.2, 0.25) is 0 Å². The smallest absolute Gasteiger partial charge is 0.0208 e. The van der Waals surface area contributed by atoms with Crippen LogP contribution in [0.3, 0.4) is 0 Å². The lowest BCUT2D eigenvalue weighted by atomic mass is 9.50. The van der Waals surface area contributed by atoms with E-state index in [-0.39, 0.29) is 0 Å². The molecule has 1 heteroatoms. The monoisotopic (exact) mass is 269 g/mol. The highest BCUT2D eigenvalue weighted by atomic mass is 14.9. The van der Waals surface area contributed by atoms with Gasteiger partial charge in [-0.2, -0.15) is 0 Å². The van der Waals surface area contributed by atoms with Gasteiger partial charge in [-0.25, -0.2) is 0 Å². The summed E-state index contributed by atoms with van der Waals surface area (Å²) >= 11 is 0. The highest BCUT2D eigenvalue weighted by Gasteiger charge is 2.49. The van der Waals surface area contributed by atoms with Crippen LogP contribution in [0.25, 0.3) is 0 Å². The van der Waals surface area contributed by atoms with Crippen molar-refractivity contribution in [3.63, 3.8) is 0 Å². The third-order valence-corrected chi connectivity index (χ3v) is 6.35. The highest BCUT2D eigenvalue weighted by molar-refractivity contribution is 5.14. The van der Waals surface area contributed by atoms with Crippen LogP contribution in [0.5, 0.6) is 0 Å². The molecule has 0 heterocycles. The van der Waals surface area contributed by atoms with E-state index >= 15 is 0 Å².